The van der Waals surface area contributed by atoms with E-state index in [0.717, 1.165) is 12.8 Å². The first kappa shape index (κ1) is 11.2. The second-order valence-electron chi connectivity index (χ2n) is 3.34. The van der Waals surface area contributed by atoms with Gasteiger partial charge in [0.25, 0.3) is 0 Å². The Morgan fingerprint density at radius 2 is 2.00 bits per heavy atom. The lowest BCUT2D eigenvalue weighted by Crippen LogP contribution is -2.43. The molecular formula is C9H12F3NO. The summed E-state index contributed by atoms with van der Waals surface area (Å²) in [6.07, 6.45) is -2.44. The van der Waals surface area contributed by atoms with Crippen LogP contribution in [0.15, 0.2) is 12.2 Å². The van der Waals surface area contributed by atoms with Crippen molar-refractivity contribution < 1.29 is 18.0 Å². The Hall–Kier alpha value is -0.840. The predicted octanol–water partition coefficient (Wildman–Crippen LogP) is 1.82. The van der Waals surface area contributed by atoms with Gasteiger partial charge in [-0.15, -0.1) is 0 Å². The zero-order chi connectivity index (χ0) is 10.8. The number of hydrogen-bond acceptors (Lipinski definition) is 2. The van der Waals surface area contributed by atoms with Crippen molar-refractivity contribution in [3.05, 3.63) is 12.2 Å². The summed E-state index contributed by atoms with van der Waals surface area (Å²) >= 11 is 0. The third-order valence-corrected chi connectivity index (χ3v) is 2.27. The Bertz CT molecular complexity index is 241. The number of nitrogens with one attached hydrogen (secondary N) is 1. The van der Waals surface area contributed by atoms with Gasteiger partial charge in [0.15, 0.2) is 5.78 Å². The highest BCUT2D eigenvalue weighted by Crippen LogP contribution is 2.26. The summed E-state index contributed by atoms with van der Waals surface area (Å²) in [5.74, 6) is -0.919. The molecule has 0 aromatic rings. The van der Waals surface area contributed by atoms with Gasteiger partial charge in [-0.25, -0.2) is 0 Å². The zero-order valence-electron chi connectivity index (χ0n) is 7.66. The number of ketones is 1. The molecule has 14 heavy (non-hydrogen) atoms. The van der Waals surface area contributed by atoms with Gasteiger partial charge in [-0.05, 0) is 19.4 Å². The Labute approximate surface area is 80.2 Å². The molecule has 0 radical (unpaired) electrons. The largest absolute Gasteiger partial charge is 0.419 e. The van der Waals surface area contributed by atoms with E-state index in [1.54, 1.807) is 0 Å². The minimum Gasteiger partial charge on any atom is -0.307 e. The Morgan fingerprint density at radius 3 is 2.43 bits per heavy atom. The molecule has 0 amide bonds. The molecule has 1 N–H and O–H groups in total. The maximum Gasteiger partial charge on any atom is 0.419 e. The molecule has 0 saturated carbocycles. The van der Waals surface area contributed by atoms with Gasteiger partial charge in [-0.2, -0.15) is 13.2 Å². The van der Waals surface area contributed by atoms with Gasteiger partial charge in [0.2, 0.25) is 0 Å². The van der Waals surface area contributed by atoms with Gasteiger partial charge in [0, 0.05) is 0 Å². The Kier molecular flexibility index (Phi) is 3.31. The quantitative estimate of drug-likeness (QED) is 0.700. The molecule has 1 aliphatic heterocycles. The van der Waals surface area contributed by atoms with Crippen LogP contribution in [0, 0.1) is 0 Å². The lowest BCUT2D eigenvalue weighted by Gasteiger charge is -2.23. The van der Waals surface area contributed by atoms with Crippen molar-refractivity contribution in [1.29, 1.82) is 0 Å². The van der Waals surface area contributed by atoms with Crippen LogP contribution >= 0.6 is 0 Å². The molecule has 0 spiro atoms. The van der Waals surface area contributed by atoms with Crippen LogP contribution in [0.2, 0.25) is 0 Å². The van der Waals surface area contributed by atoms with Crippen LogP contribution in [-0.4, -0.2) is 24.5 Å². The number of hydrogen-bond donors (Lipinski definition) is 1. The lowest BCUT2D eigenvalue weighted by atomic mass is 9.97. The van der Waals surface area contributed by atoms with Crippen LogP contribution in [0.4, 0.5) is 13.2 Å². The molecule has 0 aromatic heterocycles. The van der Waals surface area contributed by atoms with Gasteiger partial charge < -0.3 is 5.32 Å². The van der Waals surface area contributed by atoms with Crippen molar-refractivity contribution >= 4 is 5.78 Å². The van der Waals surface area contributed by atoms with Crippen LogP contribution in [0.1, 0.15) is 19.3 Å². The van der Waals surface area contributed by atoms with E-state index in [-0.39, 0.29) is 0 Å². The van der Waals surface area contributed by atoms with Crippen LogP contribution in [-0.2, 0) is 4.79 Å². The van der Waals surface area contributed by atoms with Crippen LogP contribution in [0.5, 0.6) is 0 Å². The highest BCUT2D eigenvalue weighted by atomic mass is 19.4. The smallest absolute Gasteiger partial charge is 0.307 e. The molecule has 1 unspecified atom stereocenters. The van der Waals surface area contributed by atoms with E-state index >= 15 is 0 Å². The third-order valence-electron chi connectivity index (χ3n) is 2.27. The maximum atomic E-state index is 12.1. The number of Topliss-reactive ketones (excluding diaryl/α,β-unsaturated/α-hetero) is 1. The first-order valence-electron chi connectivity index (χ1n) is 4.46. The number of carbonyl (C=O) groups is 1. The monoisotopic (exact) mass is 207 g/mol. The summed E-state index contributed by atoms with van der Waals surface area (Å²) in [5.41, 5.74) is -1.25. The number of halogens is 3. The summed E-state index contributed by atoms with van der Waals surface area (Å²) in [6, 6.07) is -0.696. The normalized spacial score (nSPS) is 23.2. The van der Waals surface area contributed by atoms with Gasteiger partial charge in [0.05, 0.1) is 11.6 Å². The molecule has 1 atom stereocenters. The van der Waals surface area contributed by atoms with Gasteiger partial charge in [-0.1, -0.05) is 13.0 Å². The fraction of sp³-hybridized carbons (Fsp3) is 0.667. The molecule has 1 aliphatic rings. The van der Waals surface area contributed by atoms with Crippen molar-refractivity contribution in [3.8, 4) is 0 Å². The fourth-order valence-electron chi connectivity index (χ4n) is 1.43. The van der Waals surface area contributed by atoms with E-state index in [9.17, 15) is 18.0 Å². The molecule has 1 heterocycles. The number of piperidine rings is 1. The van der Waals surface area contributed by atoms with Gasteiger partial charge >= 0.3 is 6.18 Å². The molecule has 0 bridgehead atoms. The standard InChI is InChI=1S/C9H12F3NO/c1-6(9(10,11)12)8(14)7-4-2-3-5-13-7/h7,13H,1-5H2. The van der Waals surface area contributed by atoms with E-state index in [1.165, 1.54) is 0 Å². The second kappa shape index (κ2) is 4.13. The van der Waals surface area contributed by atoms with Gasteiger partial charge in [0.1, 0.15) is 0 Å². The molecule has 0 aliphatic carbocycles. The topological polar surface area (TPSA) is 29.1 Å². The van der Waals surface area contributed by atoms with Crippen LogP contribution in [0.25, 0.3) is 0 Å². The van der Waals surface area contributed by atoms with Gasteiger partial charge in [-0.3, -0.25) is 4.79 Å². The number of carbonyl (C=O) groups excluding carboxylic acids is 1. The van der Waals surface area contributed by atoms with Crippen LogP contribution in [0.3, 0.4) is 0 Å². The third kappa shape index (κ3) is 2.57. The number of rotatable bonds is 2. The van der Waals surface area contributed by atoms with Crippen molar-refractivity contribution in [2.45, 2.75) is 31.5 Å². The Balaban J connectivity index is 2.60. The molecule has 5 heteroatoms. The molecule has 1 fully saturated rings. The average Bonchev–Trinajstić information content (AvgIpc) is 2.15. The number of alkyl halides is 3. The Morgan fingerprint density at radius 1 is 1.36 bits per heavy atom. The second-order valence-corrected chi connectivity index (χ2v) is 3.34. The fourth-order valence-corrected chi connectivity index (χ4v) is 1.43. The molecular weight excluding hydrogens is 195 g/mol. The van der Waals surface area contributed by atoms with E-state index in [4.69, 9.17) is 0 Å². The summed E-state index contributed by atoms with van der Waals surface area (Å²) in [7, 11) is 0. The van der Waals surface area contributed by atoms with E-state index in [0.29, 0.717) is 13.0 Å². The summed E-state index contributed by atoms with van der Waals surface area (Å²) in [6.45, 7) is 3.39. The molecule has 1 saturated heterocycles. The molecule has 0 aromatic carbocycles. The van der Waals surface area contributed by atoms with Crippen molar-refractivity contribution in [1.82, 2.24) is 5.32 Å². The first-order chi connectivity index (χ1) is 6.43. The van der Waals surface area contributed by atoms with Crippen molar-refractivity contribution in [2.75, 3.05) is 6.54 Å². The van der Waals surface area contributed by atoms with E-state index in [1.807, 2.05) is 0 Å². The zero-order valence-corrected chi connectivity index (χ0v) is 7.66. The minimum atomic E-state index is -4.60. The highest BCUT2D eigenvalue weighted by Gasteiger charge is 2.39. The first-order valence-corrected chi connectivity index (χ1v) is 4.46. The van der Waals surface area contributed by atoms with Crippen LogP contribution < -0.4 is 5.32 Å². The van der Waals surface area contributed by atoms with Crippen molar-refractivity contribution in [2.24, 2.45) is 0 Å². The summed E-state index contributed by atoms with van der Waals surface area (Å²) in [5, 5.41) is 2.76. The molecule has 2 nitrogen and oxygen atoms in total. The maximum absolute atomic E-state index is 12.1. The summed E-state index contributed by atoms with van der Waals surface area (Å²) in [4.78, 5) is 11.3. The van der Waals surface area contributed by atoms with E-state index < -0.39 is 23.6 Å². The van der Waals surface area contributed by atoms with Crippen molar-refractivity contribution in [3.63, 3.8) is 0 Å². The molecule has 80 valence electrons. The van der Waals surface area contributed by atoms with E-state index in [2.05, 4.69) is 11.9 Å². The summed E-state index contributed by atoms with van der Waals surface area (Å²) < 4.78 is 36.3. The average molecular weight is 207 g/mol. The molecule has 1 rings (SSSR count). The SMILES string of the molecule is C=C(C(=O)C1CCCCN1)C(F)(F)F. The lowest BCUT2D eigenvalue weighted by molar-refractivity contribution is -0.130. The highest BCUT2D eigenvalue weighted by molar-refractivity contribution is 6.00. The predicted molar refractivity (Wildman–Crippen MR) is 45.8 cm³/mol. The minimum absolute atomic E-state index is 0.466.